The van der Waals surface area contributed by atoms with Gasteiger partial charge in [-0.1, -0.05) is 6.07 Å². The molecule has 0 aromatic carbocycles. The van der Waals surface area contributed by atoms with Crippen LogP contribution in [0.4, 0.5) is 5.82 Å². The number of aliphatic hydroxyl groups excluding tert-OH is 1. The van der Waals surface area contributed by atoms with E-state index in [-0.39, 0.29) is 12.5 Å². The fourth-order valence-electron chi connectivity index (χ4n) is 1.01. The molecule has 1 rings (SSSR count). The van der Waals surface area contributed by atoms with E-state index in [0.717, 1.165) is 5.56 Å². The quantitative estimate of drug-likeness (QED) is 0.737. The molecule has 0 saturated carbocycles. The third-order valence-electron chi connectivity index (χ3n) is 1.74. The molecule has 0 bridgehead atoms. The predicted octanol–water partition coefficient (Wildman–Crippen LogP) is 1.05. The molecule has 0 atom stereocenters. The van der Waals surface area contributed by atoms with E-state index in [0.29, 0.717) is 17.3 Å². The lowest BCUT2D eigenvalue weighted by atomic mass is 10.3. The fourth-order valence-corrected chi connectivity index (χ4v) is 1.55. The van der Waals surface area contributed by atoms with Crippen LogP contribution < -0.4 is 5.32 Å². The third-order valence-corrected chi connectivity index (χ3v) is 2.67. The van der Waals surface area contributed by atoms with Gasteiger partial charge < -0.3 is 10.4 Å². The second-order valence-electron chi connectivity index (χ2n) is 2.99. The lowest BCUT2D eigenvalue weighted by molar-refractivity contribution is -0.113. The van der Waals surface area contributed by atoms with E-state index in [2.05, 4.69) is 10.3 Å². The maximum Gasteiger partial charge on any atom is 0.235 e. The number of rotatable bonds is 5. The van der Waals surface area contributed by atoms with Crippen LogP contribution in [0.1, 0.15) is 5.56 Å². The first-order valence-corrected chi connectivity index (χ1v) is 5.79. The molecule has 5 heteroatoms. The maximum absolute atomic E-state index is 11.4. The van der Waals surface area contributed by atoms with Gasteiger partial charge in [0.25, 0.3) is 0 Å². The molecule has 1 heterocycles. The minimum Gasteiger partial charge on any atom is -0.396 e. The molecule has 0 spiro atoms. The summed E-state index contributed by atoms with van der Waals surface area (Å²) in [7, 11) is 0. The van der Waals surface area contributed by atoms with Crippen LogP contribution in [0.3, 0.4) is 0 Å². The number of aromatic nitrogens is 1. The summed E-state index contributed by atoms with van der Waals surface area (Å²) in [5.41, 5.74) is 0.943. The van der Waals surface area contributed by atoms with Crippen molar-refractivity contribution >= 4 is 23.5 Å². The number of carbonyl (C=O) groups is 1. The standard InChI is InChI=1S/C10H14N2O2S/c1-8-3-2-4-11-10(8)12-9(14)7-15-6-5-13/h2-4,13H,5-7H2,1H3,(H,11,12,14). The van der Waals surface area contributed by atoms with E-state index in [9.17, 15) is 4.79 Å². The molecule has 0 radical (unpaired) electrons. The summed E-state index contributed by atoms with van der Waals surface area (Å²) in [6.45, 7) is 1.99. The Balaban J connectivity index is 2.41. The summed E-state index contributed by atoms with van der Waals surface area (Å²) >= 11 is 1.40. The maximum atomic E-state index is 11.4. The van der Waals surface area contributed by atoms with Gasteiger partial charge >= 0.3 is 0 Å². The Morgan fingerprint density at radius 1 is 1.67 bits per heavy atom. The van der Waals surface area contributed by atoms with Crippen LogP contribution in [0.2, 0.25) is 0 Å². The van der Waals surface area contributed by atoms with E-state index in [4.69, 9.17) is 5.11 Å². The van der Waals surface area contributed by atoms with Crippen LogP contribution in [0, 0.1) is 6.92 Å². The minimum atomic E-state index is -0.0877. The first kappa shape index (κ1) is 12.0. The number of anilines is 1. The van der Waals surface area contributed by atoms with Crippen LogP contribution >= 0.6 is 11.8 Å². The number of hydrogen-bond acceptors (Lipinski definition) is 4. The second-order valence-corrected chi connectivity index (χ2v) is 4.10. The van der Waals surface area contributed by atoms with Crippen LogP contribution in [-0.2, 0) is 4.79 Å². The second kappa shape index (κ2) is 6.42. The summed E-state index contributed by atoms with van der Waals surface area (Å²) in [4.78, 5) is 15.4. The van der Waals surface area contributed by atoms with Gasteiger partial charge in [0.2, 0.25) is 5.91 Å². The molecular formula is C10H14N2O2S. The molecule has 2 N–H and O–H groups in total. The van der Waals surface area contributed by atoms with E-state index >= 15 is 0 Å². The number of carbonyl (C=O) groups excluding carboxylic acids is 1. The molecule has 15 heavy (non-hydrogen) atoms. The highest BCUT2D eigenvalue weighted by Crippen LogP contribution is 2.09. The largest absolute Gasteiger partial charge is 0.396 e. The van der Waals surface area contributed by atoms with Gasteiger partial charge in [0.15, 0.2) is 0 Å². The fraction of sp³-hybridized carbons (Fsp3) is 0.400. The van der Waals surface area contributed by atoms with Crippen molar-refractivity contribution in [3.8, 4) is 0 Å². The van der Waals surface area contributed by atoms with Gasteiger partial charge in [-0.2, -0.15) is 0 Å². The minimum absolute atomic E-state index is 0.0877. The van der Waals surface area contributed by atoms with Gasteiger partial charge in [-0.05, 0) is 18.6 Å². The van der Waals surface area contributed by atoms with Crippen molar-refractivity contribution in [2.75, 3.05) is 23.4 Å². The third kappa shape index (κ3) is 4.31. The first-order valence-electron chi connectivity index (χ1n) is 4.64. The normalized spacial score (nSPS) is 10.0. The van der Waals surface area contributed by atoms with Gasteiger partial charge in [-0.3, -0.25) is 4.79 Å². The number of nitrogens with one attached hydrogen (secondary N) is 1. The van der Waals surface area contributed by atoms with Crippen molar-refractivity contribution < 1.29 is 9.90 Å². The molecule has 0 aliphatic heterocycles. The molecule has 0 unspecified atom stereocenters. The predicted molar refractivity (Wildman–Crippen MR) is 62.0 cm³/mol. The average molecular weight is 226 g/mol. The molecule has 4 nitrogen and oxygen atoms in total. The van der Waals surface area contributed by atoms with E-state index in [1.807, 2.05) is 19.1 Å². The number of thioether (sulfide) groups is 1. The first-order chi connectivity index (χ1) is 7.24. The Morgan fingerprint density at radius 2 is 2.47 bits per heavy atom. The molecule has 0 aliphatic carbocycles. The molecule has 1 amide bonds. The summed E-state index contributed by atoms with van der Waals surface area (Å²) in [6, 6.07) is 3.72. The van der Waals surface area contributed by atoms with E-state index in [1.54, 1.807) is 6.20 Å². The monoisotopic (exact) mass is 226 g/mol. The Labute approximate surface area is 93.1 Å². The zero-order valence-corrected chi connectivity index (χ0v) is 9.38. The van der Waals surface area contributed by atoms with Gasteiger partial charge in [-0.15, -0.1) is 11.8 Å². The van der Waals surface area contributed by atoms with E-state index < -0.39 is 0 Å². The molecule has 1 aromatic rings. The highest BCUT2D eigenvalue weighted by atomic mass is 32.2. The summed E-state index contributed by atoms with van der Waals surface area (Å²) in [5.74, 6) is 1.44. The Morgan fingerprint density at radius 3 is 3.13 bits per heavy atom. The van der Waals surface area contributed by atoms with Crippen LogP contribution in [0.5, 0.6) is 0 Å². The smallest absolute Gasteiger partial charge is 0.235 e. The zero-order chi connectivity index (χ0) is 11.1. The number of pyridine rings is 1. The summed E-state index contributed by atoms with van der Waals surface area (Å²) in [5, 5.41) is 11.3. The molecule has 82 valence electrons. The summed E-state index contributed by atoms with van der Waals surface area (Å²) in [6.07, 6.45) is 1.64. The van der Waals surface area contributed by atoms with Gasteiger partial charge in [0.05, 0.1) is 12.4 Å². The van der Waals surface area contributed by atoms with Crippen molar-refractivity contribution in [3.05, 3.63) is 23.9 Å². The molecule has 0 saturated heterocycles. The van der Waals surface area contributed by atoms with Crippen LogP contribution in [0.15, 0.2) is 18.3 Å². The number of nitrogens with zero attached hydrogens (tertiary/aromatic N) is 1. The molecular weight excluding hydrogens is 212 g/mol. The molecule has 0 fully saturated rings. The van der Waals surface area contributed by atoms with Crippen LogP contribution in [-0.4, -0.2) is 34.1 Å². The SMILES string of the molecule is Cc1cccnc1NC(=O)CSCCO. The van der Waals surface area contributed by atoms with Gasteiger partial charge in [0.1, 0.15) is 5.82 Å². The van der Waals surface area contributed by atoms with Crippen LogP contribution in [0.25, 0.3) is 0 Å². The lowest BCUT2D eigenvalue weighted by Crippen LogP contribution is -2.16. The van der Waals surface area contributed by atoms with Crippen molar-refractivity contribution in [3.63, 3.8) is 0 Å². The highest BCUT2D eigenvalue weighted by molar-refractivity contribution is 7.99. The number of aryl methyl sites for hydroxylation is 1. The average Bonchev–Trinajstić information content (AvgIpc) is 2.22. The molecule has 1 aromatic heterocycles. The molecule has 0 aliphatic rings. The summed E-state index contributed by atoms with van der Waals surface area (Å²) < 4.78 is 0. The lowest BCUT2D eigenvalue weighted by Gasteiger charge is -2.05. The van der Waals surface area contributed by atoms with Crippen molar-refractivity contribution in [1.29, 1.82) is 0 Å². The Kier molecular flexibility index (Phi) is 5.14. The van der Waals surface area contributed by atoms with E-state index in [1.165, 1.54) is 11.8 Å². The number of hydrogen-bond donors (Lipinski definition) is 2. The Hall–Kier alpha value is -1.07. The van der Waals surface area contributed by atoms with Gasteiger partial charge in [0, 0.05) is 11.9 Å². The van der Waals surface area contributed by atoms with Crippen molar-refractivity contribution in [2.24, 2.45) is 0 Å². The van der Waals surface area contributed by atoms with Crippen molar-refractivity contribution in [1.82, 2.24) is 4.98 Å². The number of aliphatic hydroxyl groups is 1. The zero-order valence-electron chi connectivity index (χ0n) is 8.56. The van der Waals surface area contributed by atoms with Gasteiger partial charge in [-0.25, -0.2) is 4.98 Å². The Bertz CT molecular complexity index is 331. The highest BCUT2D eigenvalue weighted by Gasteiger charge is 2.04. The van der Waals surface area contributed by atoms with Crippen molar-refractivity contribution in [2.45, 2.75) is 6.92 Å². The topological polar surface area (TPSA) is 62.2 Å². The number of amides is 1.